The minimum absolute atomic E-state index is 0. The Morgan fingerprint density at radius 2 is 2.00 bits per heavy atom. The van der Waals surface area contributed by atoms with Crippen LogP contribution in [-0.2, 0) is 11.3 Å². The maximum atomic E-state index is 13.2. The molecule has 1 aromatic rings. The summed E-state index contributed by atoms with van der Waals surface area (Å²) in [5, 5.41) is 3.60. The zero-order valence-corrected chi connectivity index (χ0v) is 13.7. The van der Waals surface area contributed by atoms with Crippen LogP contribution in [0.1, 0.15) is 37.7 Å². The molecule has 2 aliphatic rings. The molecule has 2 heterocycles. The second-order valence-corrected chi connectivity index (χ2v) is 6.56. The van der Waals surface area contributed by atoms with Crippen LogP contribution in [0.15, 0.2) is 24.3 Å². The Balaban J connectivity index is 0.00000176. The smallest absolute Gasteiger partial charge is 0.222 e. The molecule has 0 spiro atoms. The van der Waals surface area contributed by atoms with Crippen molar-refractivity contribution in [3.05, 3.63) is 35.6 Å². The lowest BCUT2D eigenvalue weighted by molar-refractivity contribution is -0.131. The lowest BCUT2D eigenvalue weighted by Crippen LogP contribution is -2.39. The van der Waals surface area contributed by atoms with Crippen molar-refractivity contribution >= 4 is 18.3 Å². The predicted octanol–water partition coefficient (Wildman–Crippen LogP) is 3.13. The highest BCUT2D eigenvalue weighted by Crippen LogP contribution is 2.32. The summed E-state index contributed by atoms with van der Waals surface area (Å²) in [4.78, 5) is 14.1. The highest BCUT2D eigenvalue weighted by atomic mass is 35.5. The van der Waals surface area contributed by atoms with Crippen LogP contribution >= 0.6 is 12.4 Å². The number of piperidine rings is 1. The van der Waals surface area contributed by atoms with Gasteiger partial charge in [-0.25, -0.2) is 4.39 Å². The predicted molar refractivity (Wildman–Crippen MR) is 87.4 cm³/mol. The van der Waals surface area contributed by atoms with Gasteiger partial charge in [-0.1, -0.05) is 12.1 Å². The van der Waals surface area contributed by atoms with Crippen LogP contribution < -0.4 is 5.32 Å². The van der Waals surface area contributed by atoms with Crippen molar-refractivity contribution in [1.82, 2.24) is 10.2 Å². The first-order valence-corrected chi connectivity index (χ1v) is 7.84. The third-order valence-corrected chi connectivity index (χ3v) is 4.77. The lowest BCUT2D eigenvalue weighted by Gasteiger charge is -2.30. The van der Waals surface area contributed by atoms with E-state index in [1.165, 1.54) is 25.0 Å². The maximum absolute atomic E-state index is 13.2. The van der Waals surface area contributed by atoms with Gasteiger partial charge in [0.25, 0.3) is 0 Å². The zero-order valence-electron chi connectivity index (χ0n) is 12.9. The number of hydrogen-bond donors (Lipinski definition) is 1. The number of rotatable bonds is 4. The summed E-state index contributed by atoms with van der Waals surface area (Å²) in [5.41, 5.74) is 0.844. The lowest BCUT2D eigenvalue weighted by atomic mass is 9.89. The van der Waals surface area contributed by atoms with E-state index in [-0.39, 0.29) is 24.1 Å². The molecule has 3 nitrogen and oxygen atoms in total. The molecule has 0 saturated carbocycles. The van der Waals surface area contributed by atoms with Crippen LogP contribution in [0.25, 0.3) is 0 Å². The minimum Gasteiger partial charge on any atom is -0.341 e. The number of hydrogen-bond acceptors (Lipinski definition) is 2. The van der Waals surface area contributed by atoms with Crippen LogP contribution in [0, 0.1) is 11.7 Å². The van der Waals surface area contributed by atoms with E-state index in [9.17, 15) is 9.18 Å². The second kappa shape index (κ2) is 7.42. The van der Waals surface area contributed by atoms with Crippen LogP contribution in [0.5, 0.6) is 0 Å². The molecule has 1 aromatic carbocycles. The number of carbonyl (C=O) groups is 1. The molecule has 1 amide bonds. The molecule has 2 unspecified atom stereocenters. The van der Waals surface area contributed by atoms with E-state index in [0.717, 1.165) is 18.4 Å². The molecular formula is C17H24ClFN2O. The molecule has 5 heteroatoms. The van der Waals surface area contributed by atoms with E-state index in [2.05, 4.69) is 5.32 Å². The largest absolute Gasteiger partial charge is 0.341 e. The molecule has 2 saturated heterocycles. The fraction of sp³-hybridized carbons (Fsp3) is 0.588. The van der Waals surface area contributed by atoms with Gasteiger partial charge >= 0.3 is 0 Å². The van der Waals surface area contributed by atoms with Gasteiger partial charge in [0.15, 0.2) is 0 Å². The van der Waals surface area contributed by atoms with Gasteiger partial charge in [0.2, 0.25) is 5.91 Å². The SMILES string of the molecule is CN(Cc1cccc(F)c1)C(=O)CC1CC2CCC(C1)N2.Cl. The van der Waals surface area contributed by atoms with Crippen LogP contribution in [-0.4, -0.2) is 29.9 Å². The topological polar surface area (TPSA) is 32.3 Å². The summed E-state index contributed by atoms with van der Waals surface area (Å²) in [6, 6.07) is 7.71. The van der Waals surface area contributed by atoms with Gasteiger partial charge in [-0.15, -0.1) is 12.4 Å². The summed E-state index contributed by atoms with van der Waals surface area (Å²) in [7, 11) is 1.81. The average Bonchev–Trinajstić information content (AvgIpc) is 2.78. The maximum Gasteiger partial charge on any atom is 0.222 e. The van der Waals surface area contributed by atoms with E-state index in [0.29, 0.717) is 31.0 Å². The quantitative estimate of drug-likeness (QED) is 0.922. The fourth-order valence-electron chi connectivity index (χ4n) is 3.74. The van der Waals surface area contributed by atoms with Crippen molar-refractivity contribution < 1.29 is 9.18 Å². The van der Waals surface area contributed by atoms with Gasteiger partial charge in [0, 0.05) is 32.1 Å². The molecule has 0 radical (unpaired) electrons. The number of halogens is 2. The molecule has 2 aliphatic heterocycles. The second-order valence-electron chi connectivity index (χ2n) is 6.56. The average molecular weight is 327 g/mol. The number of nitrogens with zero attached hydrogens (tertiary/aromatic N) is 1. The van der Waals surface area contributed by atoms with Crippen LogP contribution in [0.4, 0.5) is 4.39 Å². The van der Waals surface area contributed by atoms with Gasteiger partial charge in [0.05, 0.1) is 0 Å². The third-order valence-electron chi connectivity index (χ3n) is 4.77. The summed E-state index contributed by atoms with van der Waals surface area (Å²) in [6.45, 7) is 0.481. The zero-order chi connectivity index (χ0) is 14.8. The molecule has 22 heavy (non-hydrogen) atoms. The highest BCUT2D eigenvalue weighted by molar-refractivity contribution is 5.85. The van der Waals surface area contributed by atoms with Crippen molar-refractivity contribution in [2.24, 2.45) is 5.92 Å². The summed E-state index contributed by atoms with van der Waals surface area (Å²) in [5.74, 6) is 0.431. The third kappa shape index (κ3) is 4.20. The van der Waals surface area contributed by atoms with Gasteiger partial charge in [-0.3, -0.25) is 4.79 Å². The first-order valence-electron chi connectivity index (χ1n) is 7.84. The summed E-state index contributed by atoms with van der Waals surface area (Å²) >= 11 is 0. The Kier molecular flexibility index (Phi) is 5.81. The molecule has 2 atom stereocenters. The highest BCUT2D eigenvalue weighted by Gasteiger charge is 2.34. The van der Waals surface area contributed by atoms with E-state index in [4.69, 9.17) is 0 Å². The van der Waals surface area contributed by atoms with Gasteiger partial charge in [0.1, 0.15) is 5.82 Å². The number of fused-ring (bicyclic) bond motifs is 2. The number of carbonyl (C=O) groups excluding carboxylic acids is 1. The normalized spacial score (nSPS) is 26.4. The molecule has 1 N–H and O–H groups in total. The van der Waals surface area contributed by atoms with E-state index in [1.54, 1.807) is 11.0 Å². The van der Waals surface area contributed by atoms with Gasteiger partial charge in [-0.2, -0.15) is 0 Å². The first kappa shape index (κ1) is 17.2. The number of benzene rings is 1. The van der Waals surface area contributed by atoms with Crippen molar-refractivity contribution in [2.45, 2.75) is 50.7 Å². The van der Waals surface area contributed by atoms with E-state index < -0.39 is 0 Å². The summed E-state index contributed by atoms with van der Waals surface area (Å²) < 4.78 is 13.2. The van der Waals surface area contributed by atoms with Crippen molar-refractivity contribution in [1.29, 1.82) is 0 Å². The Hall–Kier alpha value is -1.13. The van der Waals surface area contributed by atoms with Gasteiger partial charge < -0.3 is 10.2 Å². The monoisotopic (exact) mass is 326 g/mol. The molecule has 122 valence electrons. The standard InChI is InChI=1S/C17H23FN2O.ClH/c1-20(11-12-3-2-4-14(18)7-12)17(21)10-13-8-15-5-6-16(9-13)19-15;/h2-4,7,13,15-16,19H,5-6,8-11H2,1H3;1H. The van der Waals surface area contributed by atoms with Crippen molar-refractivity contribution in [3.63, 3.8) is 0 Å². The van der Waals surface area contributed by atoms with E-state index in [1.807, 2.05) is 13.1 Å². The molecule has 0 aromatic heterocycles. The van der Waals surface area contributed by atoms with Crippen LogP contribution in [0.2, 0.25) is 0 Å². The Morgan fingerprint density at radius 1 is 1.32 bits per heavy atom. The Labute approximate surface area is 137 Å². The number of nitrogens with one attached hydrogen (secondary N) is 1. The first-order chi connectivity index (χ1) is 10.1. The van der Waals surface area contributed by atoms with Crippen molar-refractivity contribution in [2.75, 3.05) is 7.05 Å². The Bertz CT molecular complexity index is 513. The van der Waals surface area contributed by atoms with Crippen LogP contribution in [0.3, 0.4) is 0 Å². The summed E-state index contributed by atoms with van der Waals surface area (Å²) in [6.07, 6.45) is 5.38. The van der Waals surface area contributed by atoms with Gasteiger partial charge in [-0.05, 0) is 49.3 Å². The van der Waals surface area contributed by atoms with E-state index >= 15 is 0 Å². The molecule has 2 bridgehead atoms. The molecule has 3 rings (SSSR count). The van der Waals surface area contributed by atoms with Crippen molar-refractivity contribution in [3.8, 4) is 0 Å². The fourth-order valence-corrected chi connectivity index (χ4v) is 3.74. The number of amides is 1. The molecule has 2 fully saturated rings. The molecule has 0 aliphatic carbocycles. The Morgan fingerprint density at radius 3 is 2.64 bits per heavy atom. The minimum atomic E-state index is -0.247. The molecular weight excluding hydrogens is 303 g/mol.